The van der Waals surface area contributed by atoms with Crippen LogP contribution >= 0.6 is 23.4 Å². The minimum absolute atomic E-state index is 0.189. The number of hydrogen-bond acceptors (Lipinski definition) is 5. The second kappa shape index (κ2) is 11.3. The van der Waals surface area contributed by atoms with Crippen molar-refractivity contribution >= 4 is 35.2 Å². The lowest BCUT2D eigenvalue weighted by molar-refractivity contribution is -0.124. The van der Waals surface area contributed by atoms with Crippen molar-refractivity contribution in [2.45, 2.75) is 17.8 Å². The molecule has 2 heterocycles. The first kappa shape index (κ1) is 24.0. The van der Waals surface area contributed by atoms with E-state index in [4.69, 9.17) is 16.3 Å². The molecule has 9 heteroatoms. The van der Waals surface area contributed by atoms with Gasteiger partial charge in [-0.1, -0.05) is 23.7 Å². The normalized spacial score (nSPS) is 21.2. The molecule has 2 unspecified atom stereocenters. The molecule has 2 atom stereocenters. The number of amides is 2. The van der Waals surface area contributed by atoms with Crippen LogP contribution in [-0.2, 0) is 9.53 Å². The van der Waals surface area contributed by atoms with Crippen LogP contribution in [0.25, 0.3) is 0 Å². The summed E-state index contributed by atoms with van der Waals surface area (Å²) < 4.78 is 19.3. The van der Waals surface area contributed by atoms with Crippen molar-refractivity contribution in [1.29, 1.82) is 0 Å². The summed E-state index contributed by atoms with van der Waals surface area (Å²) in [6.07, 6.45) is 0.823. The molecule has 2 fully saturated rings. The van der Waals surface area contributed by atoms with Crippen molar-refractivity contribution < 1.29 is 18.7 Å². The van der Waals surface area contributed by atoms with E-state index in [9.17, 15) is 14.0 Å². The number of ether oxygens (including phenoxy) is 1. The van der Waals surface area contributed by atoms with Crippen LogP contribution in [0.3, 0.4) is 0 Å². The number of hydrogen-bond donors (Lipinski definition) is 1. The highest BCUT2D eigenvalue weighted by Gasteiger charge is 2.42. The van der Waals surface area contributed by atoms with Gasteiger partial charge in [-0.05, 0) is 54.9 Å². The van der Waals surface area contributed by atoms with Crippen molar-refractivity contribution in [3.05, 3.63) is 70.5 Å². The highest BCUT2D eigenvalue weighted by molar-refractivity contribution is 7.99. The lowest BCUT2D eigenvalue weighted by Gasteiger charge is -2.29. The summed E-state index contributed by atoms with van der Waals surface area (Å²) in [5.74, 6) is -0.399. The molecule has 2 amide bonds. The quantitative estimate of drug-likeness (QED) is 0.600. The number of halogens is 2. The maximum atomic E-state index is 13.9. The average molecular weight is 492 g/mol. The standard InChI is InChI=1S/C24H27ClFN3O3S/c25-19-7-5-17(6-8-19)23(31)29-21(16-33-24(29)18-3-1-4-20(26)15-18)22(30)27-9-2-10-28-11-13-32-14-12-28/h1,3-8,15,21,24H,2,9-14,16H2,(H,27,30). The predicted octanol–water partition coefficient (Wildman–Crippen LogP) is 3.57. The van der Waals surface area contributed by atoms with Crippen LogP contribution < -0.4 is 5.32 Å². The van der Waals surface area contributed by atoms with Gasteiger partial charge in [-0.2, -0.15) is 0 Å². The van der Waals surface area contributed by atoms with Crippen molar-refractivity contribution in [3.63, 3.8) is 0 Å². The fourth-order valence-corrected chi connectivity index (χ4v) is 5.62. The van der Waals surface area contributed by atoms with Gasteiger partial charge in [0.25, 0.3) is 5.91 Å². The molecule has 33 heavy (non-hydrogen) atoms. The van der Waals surface area contributed by atoms with Gasteiger partial charge in [0, 0.05) is 36.0 Å². The number of nitrogens with zero attached hydrogens (tertiary/aromatic N) is 2. The van der Waals surface area contributed by atoms with E-state index in [0.29, 0.717) is 28.4 Å². The van der Waals surface area contributed by atoms with Gasteiger partial charge in [0.1, 0.15) is 17.2 Å². The van der Waals surface area contributed by atoms with Crippen molar-refractivity contribution in [2.75, 3.05) is 45.1 Å². The molecule has 0 spiro atoms. The number of carbonyl (C=O) groups is 2. The van der Waals surface area contributed by atoms with Gasteiger partial charge in [-0.15, -0.1) is 11.8 Å². The average Bonchev–Trinajstić information content (AvgIpc) is 3.28. The minimum atomic E-state index is -0.644. The number of carbonyl (C=O) groups excluding carboxylic acids is 2. The number of morpholine rings is 1. The van der Waals surface area contributed by atoms with Gasteiger partial charge in [-0.3, -0.25) is 14.5 Å². The molecule has 1 N–H and O–H groups in total. The smallest absolute Gasteiger partial charge is 0.255 e. The van der Waals surface area contributed by atoms with E-state index in [0.717, 1.165) is 39.3 Å². The maximum absolute atomic E-state index is 13.9. The summed E-state index contributed by atoms with van der Waals surface area (Å²) in [5, 5.41) is 3.07. The lowest BCUT2D eigenvalue weighted by atomic mass is 10.1. The second-order valence-electron chi connectivity index (χ2n) is 8.07. The summed E-state index contributed by atoms with van der Waals surface area (Å²) in [5.41, 5.74) is 1.10. The zero-order valence-electron chi connectivity index (χ0n) is 18.2. The van der Waals surface area contributed by atoms with Gasteiger partial charge >= 0.3 is 0 Å². The Bertz CT molecular complexity index is 972. The summed E-state index contributed by atoms with van der Waals surface area (Å²) in [7, 11) is 0. The zero-order valence-corrected chi connectivity index (χ0v) is 19.8. The zero-order chi connectivity index (χ0) is 23.2. The Labute approximate surface area is 202 Å². The first-order valence-corrected chi connectivity index (χ1v) is 12.5. The number of benzene rings is 2. The predicted molar refractivity (Wildman–Crippen MR) is 128 cm³/mol. The van der Waals surface area contributed by atoms with Gasteiger partial charge in [0.2, 0.25) is 5.91 Å². The SMILES string of the molecule is O=C(NCCCN1CCOCC1)C1CSC(c2cccc(F)c2)N1C(=O)c1ccc(Cl)cc1. The summed E-state index contributed by atoms with van der Waals surface area (Å²) >= 11 is 7.45. The molecule has 4 rings (SSSR count). The molecule has 2 aromatic carbocycles. The molecular formula is C24H27ClFN3O3S. The van der Waals surface area contributed by atoms with Crippen molar-refractivity contribution in [2.24, 2.45) is 0 Å². The van der Waals surface area contributed by atoms with Crippen LogP contribution in [0.15, 0.2) is 48.5 Å². The first-order chi connectivity index (χ1) is 16.0. The summed E-state index contributed by atoms with van der Waals surface area (Å²) in [6.45, 7) is 4.73. The molecule has 176 valence electrons. The van der Waals surface area contributed by atoms with Crippen molar-refractivity contribution in [1.82, 2.24) is 15.1 Å². The third-order valence-electron chi connectivity index (χ3n) is 5.82. The number of thioether (sulfide) groups is 1. The second-order valence-corrected chi connectivity index (χ2v) is 9.62. The highest BCUT2D eigenvalue weighted by Crippen LogP contribution is 2.42. The Morgan fingerprint density at radius 1 is 1.15 bits per heavy atom. The van der Waals surface area contributed by atoms with Crippen molar-refractivity contribution in [3.8, 4) is 0 Å². The molecule has 0 aromatic heterocycles. The summed E-state index contributed by atoms with van der Waals surface area (Å²) in [4.78, 5) is 30.4. The van der Waals surface area contributed by atoms with Crippen LogP contribution in [0.4, 0.5) is 4.39 Å². The lowest BCUT2D eigenvalue weighted by Crippen LogP contribution is -2.48. The molecule has 2 aliphatic rings. The topological polar surface area (TPSA) is 61.9 Å². The first-order valence-electron chi connectivity index (χ1n) is 11.1. The van der Waals surface area contributed by atoms with Crippen LogP contribution in [0.5, 0.6) is 0 Å². The molecule has 2 aliphatic heterocycles. The molecule has 0 radical (unpaired) electrons. The van der Waals surface area contributed by atoms with E-state index in [2.05, 4.69) is 10.2 Å². The third kappa shape index (κ3) is 6.06. The van der Waals surface area contributed by atoms with Gasteiger partial charge < -0.3 is 15.0 Å². The maximum Gasteiger partial charge on any atom is 0.255 e. The molecule has 0 bridgehead atoms. The Kier molecular flexibility index (Phi) is 8.25. The number of nitrogens with one attached hydrogen (secondary N) is 1. The Hall–Kier alpha value is -2.13. The summed E-state index contributed by atoms with van der Waals surface area (Å²) in [6, 6.07) is 12.1. The van der Waals surface area contributed by atoms with E-state index in [-0.39, 0.29) is 17.6 Å². The molecule has 0 saturated carbocycles. The van der Waals surface area contributed by atoms with Gasteiger partial charge in [-0.25, -0.2) is 4.39 Å². The minimum Gasteiger partial charge on any atom is -0.379 e. The fourth-order valence-electron chi connectivity index (χ4n) is 4.07. The van der Waals surface area contributed by atoms with Gasteiger partial charge in [0.15, 0.2) is 0 Å². The Balaban J connectivity index is 1.46. The van der Waals surface area contributed by atoms with E-state index < -0.39 is 11.4 Å². The largest absolute Gasteiger partial charge is 0.379 e. The molecule has 2 saturated heterocycles. The van der Waals surface area contributed by atoms with Crippen LogP contribution in [-0.4, -0.2) is 72.8 Å². The van der Waals surface area contributed by atoms with E-state index in [1.54, 1.807) is 41.3 Å². The third-order valence-corrected chi connectivity index (χ3v) is 7.39. The monoisotopic (exact) mass is 491 g/mol. The van der Waals surface area contributed by atoms with Gasteiger partial charge in [0.05, 0.1) is 13.2 Å². The number of rotatable bonds is 7. The highest BCUT2D eigenvalue weighted by atomic mass is 35.5. The van der Waals surface area contributed by atoms with E-state index in [1.807, 2.05) is 0 Å². The van der Waals surface area contributed by atoms with E-state index >= 15 is 0 Å². The molecule has 0 aliphatic carbocycles. The van der Waals surface area contributed by atoms with Crippen LogP contribution in [0.1, 0.15) is 27.7 Å². The van der Waals surface area contributed by atoms with Crippen LogP contribution in [0, 0.1) is 5.82 Å². The molecule has 2 aromatic rings. The van der Waals surface area contributed by atoms with E-state index in [1.165, 1.54) is 23.9 Å². The Morgan fingerprint density at radius 3 is 2.64 bits per heavy atom. The molecular weight excluding hydrogens is 465 g/mol. The Morgan fingerprint density at radius 2 is 1.91 bits per heavy atom. The molecule has 6 nitrogen and oxygen atoms in total. The fraction of sp³-hybridized carbons (Fsp3) is 0.417. The van der Waals surface area contributed by atoms with Crippen LogP contribution in [0.2, 0.25) is 5.02 Å².